The van der Waals surface area contributed by atoms with Gasteiger partial charge in [-0.05, 0) is 29.7 Å². The lowest BCUT2D eigenvalue weighted by Crippen LogP contribution is -2.21. The van der Waals surface area contributed by atoms with Crippen molar-refractivity contribution in [2.45, 2.75) is 43.7 Å². The standard InChI is InChI=1S/C22H23ClFN3OS/c1-3-15(2)12-29-21-25-14-26-27(21)13-22(16-8-10-17(24)11-9-16)20(28-22)18-6-4-5-7-19(18)23/h4-11,14-15,20H,3,12-13H2,1-2H3. The molecule has 29 heavy (non-hydrogen) atoms. The first-order valence-corrected chi connectivity index (χ1v) is 11.1. The highest BCUT2D eigenvalue weighted by atomic mass is 35.5. The van der Waals surface area contributed by atoms with Crippen molar-refractivity contribution in [2.75, 3.05) is 5.75 Å². The SMILES string of the molecule is CCC(C)CSc1ncnn1CC1(c2ccc(F)cc2)OC1c1ccccc1Cl. The molecular weight excluding hydrogens is 409 g/mol. The van der Waals surface area contributed by atoms with Crippen molar-refractivity contribution in [1.29, 1.82) is 0 Å². The number of rotatable bonds is 8. The molecule has 3 unspecified atom stereocenters. The molecule has 0 spiro atoms. The van der Waals surface area contributed by atoms with E-state index in [-0.39, 0.29) is 11.9 Å². The lowest BCUT2D eigenvalue weighted by atomic mass is 9.91. The molecule has 4 nitrogen and oxygen atoms in total. The van der Waals surface area contributed by atoms with Gasteiger partial charge in [0.15, 0.2) is 5.16 Å². The smallest absolute Gasteiger partial charge is 0.186 e. The third-order valence-corrected chi connectivity index (χ3v) is 7.03. The van der Waals surface area contributed by atoms with Gasteiger partial charge in [0.05, 0.1) is 6.54 Å². The molecule has 0 N–H and O–H groups in total. The van der Waals surface area contributed by atoms with Gasteiger partial charge in [0.1, 0.15) is 23.8 Å². The molecular formula is C22H23ClFN3OS. The van der Waals surface area contributed by atoms with E-state index in [9.17, 15) is 4.39 Å². The Morgan fingerprint density at radius 1 is 1.24 bits per heavy atom. The van der Waals surface area contributed by atoms with Crippen LogP contribution in [0.1, 0.15) is 37.5 Å². The predicted molar refractivity (Wildman–Crippen MR) is 114 cm³/mol. The highest BCUT2D eigenvalue weighted by Crippen LogP contribution is 2.59. The molecule has 1 saturated heterocycles. The van der Waals surface area contributed by atoms with E-state index in [1.54, 1.807) is 30.2 Å². The number of aromatic nitrogens is 3. The highest BCUT2D eigenvalue weighted by Gasteiger charge is 2.59. The molecule has 3 aromatic rings. The molecule has 0 saturated carbocycles. The highest BCUT2D eigenvalue weighted by molar-refractivity contribution is 7.99. The number of hydrogen-bond acceptors (Lipinski definition) is 4. The van der Waals surface area contributed by atoms with Crippen LogP contribution < -0.4 is 0 Å². The summed E-state index contributed by atoms with van der Waals surface area (Å²) in [7, 11) is 0. The molecule has 2 heterocycles. The maximum Gasteiger partial charge on any atom is 0.186 e. The van der Waals surface area contributed by atoms with Gasteiger partial charge in [0.2, 0.25) is 0 Å². The van der Waals surface area contributed by atoms with Gasteiger partial charge in [-0.1, -0.05) is 74.0 Å². The molecule has 1 aromatic heterocycles. The quantitative estimate of drug-likeness (QED) is 0.330. The molecule has 152 valence electrons. The zero-order valence-corrected chi connectivity index (χ0v) is 18.0. The molecule has 0 aliphatic carbocycles. The summed E-state index contributed by atoms with van der Waals surface area (Å²) in [6.07, 6.45) is 2.47. The van der Waals surface area contributed by atoms with Crippen LogP contribution in [0.2, 0.25) is 5.02 Å². The van der Waals surface area contributed by atoms with Crippen LogP contribution in [-0.4, -0.2) is 20.5 Å². The third-order valence-electron chi connectivity index (χ3n) is 5.37. The lowest BCUT2D eigenvalue weighted by Gasteiger charge is -2.16. The summed E-state index contributed by atoms with van der Waals surface area (Å²) in [5.74, 6) is 1.31. The Morgan fingerprint density at radius 2 is 2.00 bits per heavy atom. The van der Waals surface area contributed by atoms with Gasteiger partial charge in [-0.15, -0.1) is 0 Å². The van der Waals surface area contributed by atoms with Crippen molar-refractivity contribution >= 4 is 23.4 Å². The minimum Gasteiger partial charge on any atom is -0.354 e. The average molecular weight is 432 g/mol. The first-order valence-electron chi connectivity index (χ1n) is 9.72. The summed E-state index contributed by atoms with van der Waals surface area (Å²) >= 11 is 8.13. The largest absolute Gasteiger partial charge is 0.354 e. The molecule has 2 aromatic carbocycles. The number of benzene rings is 2. The van der Waals surface area contributed by atoms with Crippen LogP contribution in [-0.2, 0) is 16.9 Å². The van der Waals surface area contributed by atoms with E-state index in [0.29, 0.717) is 17.5 Å². The Balaban J connectivity index is 1.65. The van der Waals surface area contributed by atoms with Crippen LogP contribution in [0.15, 0.2) is 60.0 Å². The molecule has 3 atom stereocenters. The van der Waals surface area contributed by atoms with Gasteiger partial charge >= 0.3 is 0 Å². The number of hydrogen-bond donors (Lipinski definition) is 0. The lowest BCUT2D eigenvalue weighted by molar-refractivity contribution is 0.256. The van der Waals surface area contributed by atoms with E-state index in [0.717, 1.165) is 28.5 Å². The van der Waals surface area contributed by atoms with E-state index in [1.165, 1.54) is 12.1 Å². The molecule has 1 aliphatic rings. The first-order chi connectivity index (χ1) is 14.0. The summed E-state index contributed by atoms with van der Waals surface area (Å²) in [5.41, 5.74) is 1.17. The van der Waals surface area contributed by atoms with Crippen LogP contribution >= 0.6 is 23.4 Å². The van der Waals surface area contributed by atoms with Gasteiger partial charge < -0.3 is 4.74 Å². The second-order valence-corrected chi connectivity index (χ2v) is 8.83. The second kappa shape index (κ2) is 8.46. The van der Waals surface area contributed by atoms with Crippen LogP contribution in [0, 0.1) is 11.7 Å². The minimum atomic E-state index is -0.655. The van der Waals surface area contributed by atoms with Gasteiger partial charge in [0, 0.05) is 16.3 Å². The normalized spacial score (nSPS) is 21.9. The minimum absolute atomic E-state index is 0.224. The number of nitrogens with zero attached hydrogens (tertiary/aromatic N) is 3. The maximum absolute atomic E-state index is 13.5. The van der Waals surface area contributed by atoms with Crippen molar-refractivity contribution in [3.05, 3.63) is 76.8 Å². The molecule has 7 heteroatoms. The van der Waals surface area contributed by atoms with E-state index >= 15 is 0 Å². The van der Waals surface area contributed by atoms with Crippen molar-refractivity contribution < 1.29 is 9.13 Å². The van der Waals surface area contributed by atoms with Gasteiger partial charge in [-0.25, -0.2) is 14.1 Å². The topological polar surface area (TPSA) is 43.2 Å². The van der Waals surface area contributed by atoms with Crippen LogP contribution in [0.25, 0.3) is 0 Å². The summed E-state index contributed by atoms with van der Waals surface area (Å²) < 4.78 is 21.7. The number of thioether (sulfide) groups is 1. The van der Waals surface area contributed by atoms with Crippen LogP contribution in [0.3, 0.4) is 0 Å². The fourth-order valence-electron chi connectivity index (χ4n) is 3.37. The second-order valence-electron chi connectivity index (χ2n) is 7.44. The van der Waals surface area contributed by atoms with Crippen LogP contribution in [0.5, 0.6) is 0 Å². The van der Waals surface area contributed by atoms with E-state index < -0.39 is 5.60 Å². The van der Waals surface area contributed by atoms with Crippen LogP contribution in [0.4, 0.5) is 4.39 Å². The monoisotopic (exact) mass is 431 g/mol. The zero-order valence-electron chi connectivity index (χ0n) is 16.4. The summed E-state index contributed by atoms with van der Waals surface area (Å²) in [6, 6.07) is 14.1. The number of epoxide rings is 1. The molecule has 1 fully saturated rings. The van der Waals surface area contributed by atoms with E-state index in [2.05, 4.69) is 23.9 Å². The molecule has 4 rings (SSSR count). The molecule has 1 aliphatic heterocycles. The first kappa shape index (κ1) is 20.4. The van der Waals surface area contributed by atoms with Gasteiger partial charge in [-0.2, -0.15) is 5.10 Å². The molecule has 0 bridgehead atoms. The Morgan fingerprint density at radius 3 is 2.72 bits per heavy atom. The maximum atomic E-state index is 13.5. The fourth-order valence-corrected chi connectivity index (χ4v) is 4.66. The predicted octanol–water partition coefficient (Wildman–Crippen LogP) is 5.88. The molecule has 0 radical (unpaired) electrons. The van der Waals surface area contributed by atoms with E-state index in [4.69, 9.17) is 16.3 Å². The van der Waals surface area contributed by atoms with Crippen molar-refractivity contribution in [3.63, 3.8) is 0 Å². The third kappa shape index (κ3) is 4.20. The van der Waals surface area contributed by atoms with Crippen molar-refractivity contribution in [2.24, 2.45) is 5.92 Å². The fraction of sp³-hybridized carbons (Fsp3) is 0.364. The number of ether oxygens (including phenoxy) is 1. The summed E-state index contributed by atoms with van der Waals surface area (Å²) in [5, 5.41) is 5.96. The van der Waals surface area contributed by atoms with Gasteiger partial charge in [0.25, 0.3) is 0 Å². The zero-order chi connectivity index (χ0) is 20.4. The van der Waals surface area contributed by atoms with Gasteiger partial charge in [-0.3, -0.25) is 0 Å². The number of halogens is 2. The van der Waals surface area contributed by atoms with Crippen molar-refractivity contribution in [1.82, 2.24) is 14.8 Å². The summed E-state index contributed by atoms with van der Waals surface area (Å²) in [6.45, 7) is 4.90. The average Bonchev–Trinajstić information content (AvgIpc) is 3.27. The molecule has 0 amide bonds. The van der Waals surface area contributed by atoms with Crippen molar-refractivity contribution in [3.8, 4) is 0 Å². The van der Waals surface area contributed by atoms with E-state index in [1.807, 2.05) is 28.9 Å². The Bertz CT molecular complexity index is 980. The Kier molecular flexibility index (Phi) is 5.95. The Labute approximate surface area is 179 Å². The summed E-state index contributed by atoms with van der Waals surface area (Å²) in [4.78, 5) is 4.43. The Hall–Kier alpha value is -1.89.